The molecule has 5 rings (SSSR count). The van der Waals surface area contributed by atoms with Crippen LogP contribution in [-0.2, 0) is 24.2 Å². The first-order valence-corrected chi connectivity index (χ1v) is 13.5. The van der Waals surface area contributed by atoms with E-state index in [0.717, 1.165) is 25.9 Å². The summed E-state index contributed by atoms with van der Waals surface area (Å²) >= 11 is 1.85. The average Bonchev–Trinajstić information content (AvgIpc) is 3.22. The van der Waals surface area contributed by atoms with Crippen molar-refractivity contribution < 1.29 is 4.74 Å². The molecule has 1 aromatic heterocycles. The molecule has 2 aliphatic rings. The first-order chi connectivity index (χ1) is 16.7. The van der Waals surface area contributed by atoms with Gasteiger partial charge in [0.25, 0.3) is 0 Å². The van der Waals surface area contributed by atoms with E-state index >= 15 is 0 Å². The van der Waals surface area contributed by atoms with Crippen LogP contribution in [-0.4, -0.2) is 17.4 Å². The lowest BCUT2D eigenvalue weighted by molar-refractivity contribution is 0.0987. The van der Waals surface area contributed by atoms with E-state index in [-0.39, 0.29) is 0 Å². The molecular formula is C31H33NOS. The fourth-order valence-corrected chi connectivity index (χ4v) is 5.75. The first-order valence-electron chi connectivity index (χ1n) is 12.2. The highest BCUT2D eigenvalue weighted by molar-refractivity contribution is 7.98. The van der Waals surface area contributed by atoms with Crippen LogP contribution in [0.3, 0.4) is 0 Å². The lowest BCUT2D eigenvalue weighted by Crippen LogP contribution is -2.17. The standard InChI is InChI=1S/C31H33NOS/c1-23-10-6-8-14-28(23)29-15-9-7-13-26(29)19-30-31(34-2)20-27-18-25(16-17-32(27)30)22-33-21-24-11-4-3-5-12-24/h3-9,11-17,20,23,25H,10,18-19,21-22H2,1-2H3. The number of thioether (sulfide) groups is 1. The molecule has 1 aliphatic carbocycles. The Kier molecular flexibility index (Phi) is 7.22. The van der Waals surface area contributed by atoms with E-state index in [0.29, 0.717) is 18.4 Å². The number of rotatable bonds is 8. The summed E-state index contributed by atoms with van der Waals surface area (Å²) in [4.78, 5) is 1.38. The van der Waals surface area contributed by atoms with Crippen molar-refractivity contribution in [3.63, 3.8) is 0 Å². The maximum Gasteiger partial charge on any atom is 0.0717 e. The second-order valence-electron chi connectivity index (χ2n) is 9.35. The Morgan fingerprint density at radius 3 is 2.71 bits per heavy atom. The van der Waals surface area contributed by atoms with Crippen LogP contribution in [0.1, 0.15) is 41.4 Å². The highest BCUT2D eigenvalue weighted by Crippen LogP contribution is 2.35. The molecular weight excluding hydrogens is 434 g/mol. The molecule has 3 aromatic rings. The molecule has 2 atom stereocenters. The minimum atomic E-state index is 0.418. The molecule has 0 N–H and O–H groups in total. The fourth-order valence-electron chi connectivity index (χ4n) is 5.09. The molecule has 2 unspecified atom stereocenters. The van der Waals surface area contributed by atoms with Crippen molar-refractivity contribution in [2.75, 3.05) is 12.9 Å². The summed E-state index contributed by atoms with van der Waals surface area (Å²) in [5.41, 5.74) is 8.28. The third-order valence-corrected chi connectivity index (χ3v) is 7.74. The van der Waals surface area contributed by atoms with Gasteiger partial charge < -0.3 is 9.30 Å². The van der Waals surface area contributed by atoms with Gasteiger partial charge in [-0.3, -0.25) is 0 Å². The molecule has 0 bridgehead atoms. The third kappa shape index (κ3) is 5.01. The minimum absolute atomic E-state index is 0.418. The van der Waals surface area contributed by atoms with E-state index in [1.807, 2.05) is 17.8 Å². The molecule has 0 spiro atoms. The van der Waals surface area contributed by atoms with E-state index in [1.54, 1.807) is 0 Å². The van der Waals surface area contributed by atoms with Crippen LogP contribution < -0.4 is 0 Å². The molecule has 2 nitrogen and oxygen atoms in total. The van der Waals surface area contributed by atoms with Crippen molar-refractivity contribution in [1.82, 2.24) is 4.57 Å². The molecule has 0 radical (unpaired) electrons. The van der Waals surface area contributed by atoms with Gasteiger partial charge in [-0.25, -0.2) is 0 Å². The second kappa shape index (κ2) is 10.7. The van der Waals surface area contributed by atoms with Crippen molar-refractivity contribution >= 4 is 23.5 Å². The van der Waals surface area contributed by atoms with Crippen LogP contribution in [0.25, 0.3) is 11.8 Å². The number of aromatic nitrogens is 1. The normalized spacial score (nSPS) is 19.2. The smallest absolute Gasteiger partial charge is 0.0717 e. The van der Waals surface area contributed by atoms with Gasteiger partial charge in [0, 0.05) is 34.8 Å². The van der Waals surface area contributed by atoms with Gasteiger partial charge in [0.1, 0.15) is 0 Å². The Hall–Kier alpha value is -2.75. The lowest BCUT2D eigenvalue weighted by atomic mass is 9.85. The van der Waals surface area contributed by atoms with Gasteiger partial charge in [0.05, 0.1) is 13.2 Å². The van der Waals surface area contributed by atoms with E-state index in [2.05, 4.69) is 103 Å². The van der Waals surface area contributed by atoms with Gasteiger partial charge in [0.2, 0.25) is 0 Å². The van der Waals surface area contributed by atoms with Crippen LogP contribution in [0.4, 0.5) is 0 Å². The second-order valence-corrected chi connectivity index (χ2v) is 10.2. The Bertz CT molecular complexity index is 1220. The number of hydrogen-bond donors (Lipinski definition) is 0. The molecule has 3 heteroatoms. The van der Waals surface area contributed by atoms with E-state index in [4.69, 9.17) is 4.74 Å². The Morgan fingerprint density at radius 2 is 1.88 bits per heavy atom. The van der Waals surface area contributed by atoms with Gasteiger partial charge in [-0.15, -0.1) is 11.8 Å². The lowest BCUT2D eigenvalue weighted by Gasteiger charge is -2.22. The van der Waals surface area contributed by atoms with Crippen molar-refractivity contribution in [3.8, 4) is 0 Å². The van der Waals surface area contributed by atoms with Crippen LogP contribution >= 0.6 is 11.8 Å². The molecule has 0 fully saturated rings. The molecule has 2 heterocycles. The quantitative estimate of drug-likeness (QED) is 0.316. The predicted molar refractivity (Wildman–Crippen MR) is 145 cm³/mol. The Balaban J connectivity index is 1.34. The van der Waals surface area contributed by atoms with E-state index < -0.39 is 0 Å². The number of fused-ring (bicyclic) bond motifs is 1. The zero-order chi connectivity index (χ0) is 23.3. The number of hydrogen-bond acceptors (Lipinski definition) is 2. The van der Waals surface area contributed by atoms with Crippen molar-refractivity contribution in [3.05, 3.63) is 113 Å². The fraction of sp³-hybridized carbons (Fsp3) is 0.290. The summed E-state index contributed by atoms with van der Waals surface area (Å²) < 4.78 is 8.47. The zero-order valence-corrected chi connectivity index (χ0v) is 20.9. The van der Waals surface area contributed by atoms with E-state index in [1.165, 1.54) is 38.5 Å². The van der Waals surface area contributed by atoms with Crippen LogP contribution in [0, 0.1) is 11.8 Å². The molecule has 0 saturated heterocycles. The number of benzene rings is 2. The monoisotopic (exact) mass is 467 g/mol. The minimum Gasteiger partial charge on any atom is -0.376 e. The van der Waals surface area contributed by atoms with Crippen LogP contribution in [0.15, 0.2) is 89.9 Å². The molecule has 0 saturated carbocycles. The van der Waals surface area contributed by atoms with Crippen LogP contribution in [0.2, 0.25) is 0 Å². The highest BCUT2D eigenvalue weighted by atomic mass is 32.2. The highest BCUT2D eigenvalue weighted by Gasteiger charge is 2.22. The summed E-state index contributed by atoms with van der Waals surface area (Å²) in [7, 11) is 0. The Labute approximate surface area is 208 Å². The zero-order valence-electron chi connectivity index (χ0n) is 20.1. The molecule has 34 heavy (non-hydrogen) atoms. The maximum atomic E-state index is 6.05. The SMILES string of the molecule is CSc1cc2n(c1Cc1ccccc1C1=CC=CCC1C)C=CC(COCc1ccccc1)C2. The average molecular weight is 468 g/mol. The molecule has 174 valence electrons. The summed E-state index contributed by atoms with van der Waals surface area (Å²) in [6.45, 7) is 3.76. The largest absolute Gasteiger partial charge is 0.376 e. The molecule has 0 amide bonds. The summed E-state index contributed by atoms with van der Waals surface area (Å²) in [5, 5.41) is 0. The third-order valence-electron chi connectivity index (χ3n) is 6.94. The maximum absolute atomic E-state index is 6.05. The number of allylic oxidation sites excluding steroid dienone is 4. The van der Waals surface area contributed by atoms with Crippen molar-refractivity contribution in [2.24, 2.45) is 11.8 Å². The van der Waals surface area contributed by atoms with Gasteiger partial charge in [0.15, 0.2) is 0 Å². The number of nitrogens with zero attached hydrogens (tertiary/aromatic N) is 1. The molecule has 2 aromatic carbocycles. The summed E-state index contributed by atoms with van der Waals surface area (Å²) in [5.74, 6) is 0.977. The van der Waals surface area contributed by atoms with Gasteiger partial charge in [-0.2, -0.15) is 0 Å². The van der Waals surface area contributed by atoms with Crippen molar-refractivity contribution in [2.45, 2.75) is 37.7 Å². The first kappa shape index (κ1) is 23.0. The van der Waals surface area contributed by atoms with Gasteiger partial charge >= 0.3 is 0 Å². The Morgan fingerprint density at radius 1 is 1.06 bits per heavy atom. The topological polar surface area (TPSA) is 14.2 Å². The summed E-state index contributed by atoms with van der Waals surface area (Å²) in [6, 6.07) is 21.8. The summed E-state index contributed by atoms with van der Waals surface area (Å²) in [6.07, 6.45) is 16.7. The predicted octanol–water partition coefficient (Wildman–Crippen LogP) is 7.64. The van der Waals surface area contributed by atoms with Crippen LogP contribution in [0.5, 0.6) is 0 Å². The van der Waals surface area contributed by atoms with Gasteiger partial charge in [-0.05, 0) is 53.3 Å². The van der Waals surface area contributed by atoms with Gasteiger partial charge in [-0.1, -0.05) is 85.8 Å². The molecule has 1 aliphatic heterocycles. The van der Waals surface area contributed by atoms with Crippen molar-refractivity contribution in [1.29, 1.82) is 0 Å². The van der Waals surface area contributed by atoms with E-state index in [9.17, 15) is 0 Å². The number of ether oxygens (including phenoxy) is 1.